The number of nitrogens with one attached hydrogen (secondary N) is 1. The van der Waals surface area contributed by atoms with Crippen LogP contribution in [-0.4, -0.2) is 6.54 Å². The Morgan fingerprint density at radius 3 is 3.15 bits per heavy atom. The van der Waals surface area contributed by atoms with E-state index in [-0.39, 0.29) is 0 Å². The zero-order chi connectivity index (χ0) is 9.26. The molecule has 1 atom stereocenters. The van der Waals surface area contributed by atoms with Gasteiger partial charge in [-0.15, -0.1) is 0 Å². The maximum absolute atomic E-state index is 3.53. The first-order valence-electron chi connectivity index (χ1n) is 4.80. The number of hydrogen-bond acceptors (Lipinski definition) is 1. The van der Waals surface area contributed by atoms with Crippen molar-refractivity contribution >= 4 is 15.9 Å². The molecule has 13 heavy (non-hydrogen) atoms. The normalized spacial score (nSPS) is 21.2. The Hall–Kier alpha value is -0.340. The van der Waals surface area contributed by atoms with Gasteiger partial charge in [-0.2, -0.15) is 0 Å². The molecule has 70 valence electrons. The summed E-state index contributed by atoms with van der Waals surface area (Å²) in [5.74, 6) is 0.696. The van der Waals surface area contributed by atoms with Crippen LogP contribution in [0.15, 0.2) is 22.7 Å². The maximum Gasteiger partial charge on any atom is 0.0208 e. The minimum absolute atomic E-state index is 0.696. The highest BCUT2D eigenvalue weighted by molar-refractivity contribution is 9.10. The molecule has 0 radical (unpaired) electrons. The summed E-state index contributed by atoms with van der Waals surface area (Å²) >= 11 is 3.53. The third-order valence-corrected chi connectivity index (χ3v) is 3.24. The van der Waals surface area contributed by atoms with E-state index >= 15 is 0 Å². The smallest absolute Gasteiger partial charge is 0.0208 e. The van der Waals surface area contributed by atoms with Gasteiger partial charge < -0.3 is 5.32 Å². The van der Waals surface area contributed by atoms with Crippen molar-refractivity contribution in [2.24, 2.45) is 0 Å². The van der Waals surface area contributed by atoms with Gasteiger partial charge in [0.15, 0.2) is 0 Å². The summed E-state index contributed by atoms with van der Waals surface area (Å²) in [5.41, 5.74) is 2.98. The molecule has 0 spiro atoms. The van der Waals surface area contributed by atoms with Crippen LogP contribution in [0.5, 0.6) is 0 Å². The van der Waals surface area contributed by atoms with Crippen LogP contribution in [0.3, 0.4) is 0 Å². The molecular formula is C11H14BrN. The van der Waals surface area contributed by atoms with E-state index in [0.29, 0.717) is 5.92 Å². The fourth-order valence-corrected chi connectivity index (χ4v) is 2.34. The molecule has 1 heterocycles. The molecule has 1 N–H and O–H groups in total. The van der Waals surface area contributed by atoms with E-state index in [1.54, 1.807) is 0 Å². The van der Waals surface area contributed by atoms with Crippen molar-refractivity contribution in [1.29, 1.82) is 0 Å². The lowest BCUT2D eigenvalue weighted by atomic mass is 9.89. The van der Waals surface area contributed by atoms with E-state index in [1.807, 2.05) is 0 Å². The molecule has 1 aromatic carbocycles. The van der Waals surface area contributed by atoms with E-state index in [2.05, 4.69) is 46.4 Å². The summed E-state index contributed by atoms with van der Waals surface area (Å²) in [6, 6.07) is 6.61. The molecule has 1 aliphatic heterocycles. The van der Waals surface area contributed by atoms with Crippen molar-refractivity contribution in [3.8, 4) is 0 Å². The molecule has 1 unspecified atom stereocenters. The van der Waals surface area contributed by atoms with E-state index in [4.69, 9.17) is 0 Å². The minimum atomic E-state index is 0.696. The van der Waals surface area contributed by atoms with Crippen molar-refractivity contribution < 1.29 is 0 Å². The third kappa shape index (κ3) is 1.79. The molecule has 0 amide bonds. The van der Waals surface area contributed by atoms with Gasteiger partial charge in [-0.25, -0.2) is 0 Å². The van der Waals surface area contributed by atoms with E-state index in [9.17, 15) is 0 Å². The van der Waals surface area contributed by atoms with Crippen molar-refractivity contribution in [3.05, 3.63) is 33.8 Å². The summed E-state index contributed by atoms with van der Waals surface area (Å²) in [6.07, 6.45) is 1.22. The largest absolute Gasteiger partial charge is 0.312 e. The number of hydrogen-bond donors (Lipinski definition) is 1. The summed E-state index contributed by atoms with van der Waals surface area (Å²) < 4.78 is 1.20. The second-order valence-electron chi connectivity index (χ2n) is 3.58. The lowest BCUT2D eigenvalue weighted by Gasteiger charge is -2.25. The Morgan fingerprint density at radius 1 is 1.54 bits per heavy atom. The Kier molecular flexibility index (Phi) is 2.70. The predicted molar refractivity (Wildman–Crippen MR) is 58.9 cm³/mol. The first kappa shape index (κ1) is 9.22. The minimum Gasteiger partial charge on any atom is -0.312 e. The molecule has 1 aromatic rings. The van der Waals surface area contributed by atoms with Crippen LogP contribution >= 0.6 is 15.9 Å². The maximum atomic E-state index is 3.53. The summed E-state index contributed by atoms with van der Waals surface area (Å²) in [7, 11) is 0. The lowest BCUT2D eigenvalue weighted by molar-refractivity contribution is 0.530. The quantitative estimate of drug-likeness (QED) is 0.795. The van der Waals surface area contributed by atoms with Gasteiger partial charge in [0, 0.05) is 17.6 Å². The highest BCUT2D eigenvalue weighted by atomic mass is 79.9. The van der Waals surface area contributed by atoms with Gasteiger partial charge >= 0.3 is 0 Å². The first-order valence-corrected chi connectivity index (χ1v) is 5.59. The van der Waals surface area contributed by atoms with Crippen LogP contribution in [-0.2, 0) is 6.54 Å². The SMILES string of the molecule is CCC1CNCc2ccc(Br)cc21. The summed E-state index contributed by atoms with van der Waals surface area (Å²) in [4.78, 5) is 0. The third-order valence-electron chi connectivity index (χ3n) is 2.75. The molecule has 2 rings (SSSR count). The van der Waals surface area contributed by atoms with E-state index in [0.717, 1.165) is 13.1 Å². The van der Waals surface area contributed by atoms with Crippen LogP contribution < -0.4 is 5.32 Å². The zero-order valence-corrected chi connectivity index (χ0v) is 9.39. The van der Waals surface area contributed by atoms with Crippen LogP contribution in [0.4, 0.5) is 0 Å². The Morgan fingerprint density at radius 2 is 2.38 bits per heavy atom. The number of rotatable bonds is 1. The first-order chi connectivity index (χ1) is 6.31. The number of fused-ring (bicyclic) bond motifs is 1. The standard InChI is InChI=1S/C11H14BrN/c1-2-8-6-13-7-9-3-4-10(12)5-11(8)9/h3-5,8,13H,2,6-7H2,1H3. The van der Waals surface area contributed by atoms with Crippen LogP contribution in [0.25, 0.3) is 0 Å². The highest BCUT2D eigenvalue weighted by Crippen LogP contribution is 2.28. The van der Waals surface area contributed by atoms with Crippen molar-refractivity contribution in [3.63, 3.8) is 0 Å². The molecule has 0 fully saturated rings. The van der Waals surface area contributed by atoms with Crippen molar-refractivity contribution in [2.75, 3.05) is 6.54 Å². The highest BCUT2D eigenvalue weighted by Gasteiger charge is 2.17. The monoisotopic (exact) mass is 239 g/mol. The lowest BCUT2D eigenvalue weighted by Crippen LogP contribution is -2.27. The molecule has 0 saturated heterocycles. The van der Waals surface area contributed by atoms with Crippen LogP contribution in [0.2, 0.25) is 0 Å². The average molecular weight is 240 g/mol. The Bertz CT molecular complexity index is 309. The molecule has 0 saturated carbocycles. The second-order valence-corrected chi connectivity index (χ2v) is 4.49. The van der Waals surface area contributed by atoms with Gasteiger partial charge in [0.05, 0.1) is 0 Å². The van der Waals surface area contributed by atoms with E-state index in [1.165, 1.54) is 22.0 Å². The van der Waals surface area contributed by atoms with Crippen molar-refractivity contribution in [1.82, 2.24) is 5.32 Å². The fourth-order valence-electron chi connectivity index (χ4n) is 1.96. The zero-order valence-electron chi connectivity index (χ0n) is 7.81. The van der Waals surface area contributed by atoms with Gasteiger partial charge in [0.1, 0.15) is 0 Å². The van der Waals surface area contributed by atoms with Gasteiger partial charge in [0.2, 0.25) is 0 Å². The van der Waals surface area contributed by atoms with Gasteiger partial charge in [-0.3, -0.25) is 0 Å². The van der Waals surface area contributed by atoms with Gasteiger partial charge in [-0.1, -0.05) is 28.9 Å². The predicted octanol–water partition coefficient (Wildman–Crippen LogP) is 3.05. The topological polar surface area (TPSA) is 12.0 Å². The fraction of sp³-hybridized carbons (Fsp3) is 0.455. The van der Waals surface area contributed by atoms with E-state index < -0.39 is 0 Å². The average Bonchev–Trinajstić information content (AvgIpc) is 2.17. The molecular weight excluding hydrogens is 226 g/mol. The Balaban J connectivity index is 2.41. The number of halogens is 1. The Labute approximate surface area is 87.7 Å². The van der Waals surface area contributed by atoms with Gasteiger partial charge in [-0.05, 0) is 35.6 Å². The summed E-state index contributed by atoms with van der Waals surface area (Å²) in [6.45, 7) is 4.40. The molecule has 0 aliphatic carbocycles. The van der Waals surface area contributed by atoms with Crippen LogP contribution in [0.1, 0.15) is 30.4 Å². The van der Waals surface area contributed by atoms with Gasteiger partial charge in [0.25, 0.3) is 0 Å². The molecule has 0 aromatic heterocycles. The molecule has 1 aliphatic rings. The number of benzene rings is 1. The molecule has 1 nitrogen and oxygen atoms in total. The van der Waals surface area contributed by atoms with Crippen molar-refractivity contribution in [2.45, 2.75) is 25.8 Å². The molecule has 2 heteroatoms. The second kappa shape index (κ2) is 3.81. The van der Waals surface area contributed by atoms with Crippen LogP contribution in [0, 0.1) is 0 Å². The summed E-state index contributed by atoms with van der Waals surface area (Å²) in [5, 5.41) is 3.45. The molecule has 0 bridgehead atoms.